The first-order valence-corrected chi connectivity index (χ1v) is 7.28. The van der Waals surface area contributed by atoms with E-state index in [1.54, 1.807) is 18.2 Å². The molecule has 0 saturated carbocycles. The third kappa shape index (κ3) is 3.25. The fraction of sp³-hybridized carbons (Fsp3) is 0.400. The van der Waals surface area contributed by atoms with Crippen molar-refractivity contribution >= 4 is 28.1 Å². The van der Waals surface area contributed by atoms with Gasteiger partial charge in [-0.1, -0.05) is 31.5 Å². The molecule has 7 heteroatoms. The molecule has 22 heavy (non-hydrogen) atoms. The number of hydrogen-bond acceptors (Lipinski definition) is 6. The van der Waals surface area contributed by atoms with E-state index in [9.17, 15) is 15.2 Å². The van der Waals surface area contributed by atoms with Crippen LogP contribution in [0.15, 0.2) is 24.3 Å². The average molecular weight is 304 g/mol. The lowest BCUT2D eigenvalue weighted by atomic mass is 10.1. The van der Waals surface area contributed by atoms with Crippen LogP contribution in [-0.4, -0.2) is 27.7 Å². The molecule has 1 aromatic heterocycles. The standard InChI is InChI=1S/C15H20N4O3/c1-2-5-10(8-9-20)17-13-11-6-3-4-7-12(11)18-15(16)14(13)19(21)22/h3-4,6-7,10,20H,2,5,8-9H2,1H3,(H3,16,17,18). The second-order valence-electron chi connectivity index (χ2n) is 5.14. The molecule has 0 fully saturated rings. The Morgan fingerprint density at radius 1 is 1.41 bits per heavy atom. The summed E-state index contributed by atoms with van der Waals surface area (Å²) in [5, 5.41) is 24.4. The van der Waals surface area contributed by atoms with Gasteiger partial charge in [0.05, 0.1) is 10.4 Å². The van der Waals surface area contributed by atoms with Crippen molar-refractivity contribution < 1.29 is 10.0 Å². The number of anilines is 2. The quantitative estimate of drug-likeness (QED) is 0.535. The number of hydrogen-bond donors (Lipinski definition) is 3. The van der Waals surface area contributed by atoms with Crippen LogP contribution in [0, 0.1) is 10.1 Å². The number of nitrogens with two attached hydrogens (primary N) is 1. The fourth-order valence-corrected chi connectivity index (χ4v) is 2.55. The van der Waals surface area contributed by atoms with Crippen LogP contribution in [0.1, 0.15) is 26.2 Å². The summed E-state index contributed by atoms with van der Waals surface area (Å²) in [6, 6.07) is 7.09. The maximum absolute atomic E-state index is 11.4. The number of fused-ring (bicyclic) bond motifs is 1. The number of rotatable bonds is 7. The summed E-state index contributed by atoms with van der Waals surface area (Å²) in [5.74, 6) is -0.106. The Balaban J connectivity index is 2.57. The second kappa shape index (κ2) is 7.04. The molecule has 1 atom stereocenters. The summed E-state index contributed by atoms with van der Waals surface area (Å²) in [6.45, 7) is 2.05. The molecule has 0 saturated heterocycles. The minimum absolute atomic E-state index is 0.0178. The monoisotopic (exact) mass is 304 g/mol. The predicted octanol–water partition coefficient (Wildman–Crippen LogP) is 2.69. The summed E-state index contributed by atoms with van der Waals surface area (Å²) in [6.07, 6.45) is 2.22. The minimum atomic E-state index is -0.515. The maximum Gasteiger partial charge on any atom is 0.334 e. The Hall–Kier alpha value is -2.41. The molecule has 0 radical (unpaired) electrons. The van der Waals surface area contributed by atoms with Crippen LogP contribution in [0.4, 0.5) is 17.2 Å². The van der Waals surface area contributed by atoms with Gasteiger partial charge in [0.25, 0.3) is 0 Å². The van der Waals surface area contributed by atoms with Crippen LogP contribution in [-0.2, 0) is 0 Å². The van der Waals surface area contributed by atoms with Gasteiger partial charge in [0, 0.05) is 18.0 Å². The average Bonchev–Trinajstić information content (AvgIpc) is 2.47. The van der Waals surface area contributed by atoms with Gasteiger partial charge in [-0.3, -0.25) is 10.1 Å². The van der Waals surface area contributed by atoms with Crippen LogP contribution in [0.2, 0.25) is 0 Å². The molecule has 118 valence electrons. The highest BCUT2D eigenvalue weighted by Gasteiger charge is 2.24. The van der Waals surface area contributed by atoms with Gasteiger partial charge >= 0.3 is 5.69 Å². The molecule has 1 unspecified atom stereocenters. The van der Waals surface area contributed by atoms with Crippen molar-refractivity contribution in [2.75, 3.05) is 17.7 Å². The van der Waals surface area contributed by atoms with Gasteiger partial charge in [-0.25, -0.2) is 4.98 Å². The van der Waals surface area contributed by atoms with E-state index in [-0.39, 0.29) is 24.2 Å². The van der Waals surface area contributed by atoms with Crippen molar-refractivity contribution in [3.8, 4) is 0 Å². The molecule has 2 aromatic rings. The SMILES string of the molecule is CCCC(CCO)Nc1c([N+](=O)[O-])c(N)nc2ccccc12. The van der Waals surface area contributed by atoms with E-state index in [2.05, 4.69) is 10.3 Å². The first-order valence-electron chi connectivity index (χ1n) is 7.28. The first kappa shape index (κ1) is 16.0. The molecule has 0 spiro atoms. The Morgan fingerprint density at radius 3 is 2.77 bits per heavy atom. The largest absolute Gasteiger partial charge is 0.396 e. The molecular weight excluding hydrogens is 284 g/mol. The van der Waals surface area contributed by atoms with E-state index in [0.29, 0.717) is 23.0 Å². The minimum Gasteiger partial charge on any atom is -0.396 e. The zero-order valence-corrected chi connectivity index (χ0v) is 12.5. The number of benzene rings is 1. The second-order valence-corrected chi connectivity index (χ2v) is 5.14. The van der Waals surface area contributed by atoms with Gasteiger partial charge in [0.1, 0.15) is 5.69 Å². The molecular formula is C15H20N4O3. The third-order valence-electron chi connectivity index (χ3n) is 3.54. The molecule has 0 bridgehead atoms. The number of nitrogens with zero attached hydrogens (tertiary/aromatic N) is 2. The lowest BCUT2D eigenvalue weighted by Crippen LogP contribution is -2.22. The van der Waals surface area contributed by atoms with E-state index in [4.69, 9.17) is 5.73 Å². The van der Waals surface area contributed by atoms with E-state index in [1.807, 2.05) is 13.0 Å². The van der Waals surface area contributed by atoms with Crippen LogP contribution < -0.4 is 11.1 Å². The highest BCUT2D eigenvalue weighted by atomic mass is 16.6. The number of para-hydroxylation sites is 1. The van der Waals surface area contributed by atoms with Gasteiger partial charge < -0.3 is 16.2 Å². The lowest BCUT2D eigenvalue weighted by molar-refractivity contribution is -0.383. The summed E-state index contributed by atoms with van der Waals surface area (Å²) in [4.78, 5) is 15.0. The van der Waals surface area contributed by atoms with E-state index in [0.717, 1.165) is 12.8 Å². The number of pyridine rings is 1. The van der Waals surface area contributed by atoms with Gasteiger partial charge in [0.15, 0.2) is 0 Å². The van der Waals surface area contributed by atoms with Gasteiger partial charge in [-0.2, -0.15) is 0 Å². The lowest BCUT2D eigenvalue weighted by Gasteiger charge is -2.20. The van der Waals surface area contributed by atoms with Gasteiger partial charge in [-0.05, 0) is 18.9 Å². The number of nitro groups is 1. The fourth-order valence-electron chi connectivity index (χ4n) is 2.55. The normalized spacial score (nSPS) is 12.3. The predicted molar refractivity (Wildman–Crippen MR) is 86.8 cm³/mol. The van der Waals surface area contributed by atoms with Gasteiger partial charge in [0.2, 0.25) is 5.82 Å². The van der Waals surface area contributed by atoms with Crippen molar-refractivity contribution in [3.05, 3.63) is 34.4 Å². The summed E-state index contributed by atoms with van der Waals surface area (Å²) >= 11 is 0. The zero-order valence-electron chi connectivity index (χ0n) is 12.5. The molecule has 0 aliphatic heterocycles. The van der Waals surface area contributed by atoms with Gasteiger partial charge in [-0.15, -0.1) is 0 Å². The molecule has 0 amide bonds. The molecule has 0 aliphatic carbocycles. The number of aliphatic hydroxyl groups excluding tert-OH is 1. The van der Waals surface area contributed by atoms with Crippen LogP contribution >= 0.6 is 0 Å². The maximum atomic E-state index is 11.4. The van der Waals surface area contributed by atoms with Crippen molar-refractivity contribution in [1.82, 2.24) is 4.98 Å². The van der Waals surface area contributed by atoms with Crippen molar-refractivity contribution in [3.63, 3.8) is 0 Å². The number of aromatic nitrogens is 1. The van der Waals surface area contributed by atoms with Crippen molar-refractivity contribution in [2.45, 2.75) is 32.2 Å². The van der Waals surface area contributed by atoms with Crippen molar-refractivity contribution in [2.24, 2.45) is 0 Å². The Morgan fingerprint density at radius 2 is 2.14 bits per heavy atom. The van der Waals surface area contributed by atoms with Crippen LogP contribution in [0.3, 0.4) is 0 Å². The van der Waals surface area contributed by atoms with E-state index in [1.165, 1.54) is 0 Å². The molecule has 7 nitrogen and oxygen atoms in total. The van der Waals surface area contributed by atoms with E-state index < -0.39 is 4.92 Å². The van der Waals surface area contributed by atoms with Crippen LogP contribution in [0.5, 0.6) is 0 Å². The summed E-state index contributed by atoms with van der Waals surface area (Å²) in [5.41, 5.74) is 6.54. The smallest absolute Gasteiger partial charge is 0.334 e. The number of aliphatic hydroxyl groups is 1. The molecule has 4 N–H and O–H groups in total. The topological polar surface area (TPSA) is 114 Å². The van der Waals surface area contributed by atoms with E-state index >= 15 is 0 Å². The number of nitrogens with one attached hydrogen (secondary N) is 1. The van der Waals surface area contributed by atoms with Crippen molar-refractivity contribution in [1.29, 1.82) is 0 Å². The zero-order chi connectivity index (χ0) is 16.1. The highest BCUT2D eigenvalue weighted by molar-refractivity contribution is 5.99. The Labute approximate surface area is 128 Å². The molecule has 1 aromatic carbocycles. The summed E-state index contributed by atoms with van der Waals surface area (Å²) < 4.78 is 0. The molecule has 0 aliphatic rings. The Bertz CT molecular complexity index is 669. The van der Waals surface area contributed by atoms with Crippen LogP contribution in [0.25, 0.3) is 10.9 Å². The highest BCUT2D eigenvalue weighted by Crippen LogP contribution is 2.37. The summed E-state index contributed by atoms with van der Waals surface area (Å²) in [7, 11) is 0. The first-order chi connectivity index (χ1) is 10.6. The molecule has 2 rings (SSSR count). The molecule has 1 heterocycles. The third-order valence-corrected chi connectivity index (χ3v) is 3.54. The Kier molecular flexibility index (Phi) is 5.11. The number of nitrogen functional groups attached to an aromatic ring is 1.